The van der Waals surface area contributed by atoms with Crippen molar-refractivity contribution in [3.63, 3.8) is 0 Å². The van der Waals surface area contributed by atoms with Crippen molar-refractivity contribution in [3.8, 4) is 0 Å². The summed E-state index contributed by atoms with van der Waals surface area (Å²) in [6.07, 6.45) is 3.66. The van der Waals surface area contributed by atoms with Crippen LogP contribution in [-0.4, -0.2) is 39.0 Å². The second kappa shape index (κ2) is 6.61. The molecule has 25 heavy (non-hydrogen) atoms. The Hall–Kier alpha value is -1.03. The number of piperidine rings is 1. The smallest absolute Gasteiger partial charge is 0.261 e. The van der Waals surface area contributed by atoms with Gasteiger partial charge in [0.1, 0.15) is 5.66 Å². The van der Waals surface area contributed by atoms with Gasteiger partial charge in [-0.05, 0) is 47.4 Å². The minimum atomic E-state index is -0.408. The molecular formula is C16H19BrClN5O2. The fraction of sp³-hybridized carbons (Fsp3) is 0.500. The van der Waals surface area contributed by atoms with E-state index in [1.165, 1.54) is 0 Å². The molecule has 4 N–H and O–H groups in total. The van der Waals surface area contributed by atoms with Crippen LogP contribution in [0.4, 0.5) is 0 Å². The Morgan fingerprint density at radius 3 is 2.96 bits per heavy atom. The number of fused-ring (bicyclic) bond motifs is 1. The number of halogens is 2. The lowest BCUT2D eigenvalue weighted by Crippen LogP contribution is -2.49. The molecule has 0 bridgehead atoms. The van der Waals surface area contributed by atoms with E-state index >= 15 is 0 Å². The van der Waals surface area contributed by atoms with Crippen molar-refractivity contribution in [1.29, 1.82) is 0 Å². The van der Waals surface area contributed by atoms with Crippen LogP contribution >= 0.6 is 27.5 Å². The van der Waals surface area contributed by atoms with E-state index in [4.69, 9.17) is 11.6 Å². The summed E-state index contributed by atoms with van der Waals surface area (Å²) in [4.78, 5) is 17.2. The number of nitrogens with zero attached hydrogens (tertiary/aromatic N) is 2. The van der Waals surface area contributed by atoms with Gasteiger partial charge in [-0.25, -0.2) is 15.8 Å². The molecular weight excluding hydrogens is 410 g/mol. The van der Waals surface area contributed by atoms with E-state index in [-0.39, 0.29) is 17.7 Å². The molecule has 2 saturated heterocycles. The predicted molar refractivity (Wildman–Crippen MR) is 99.4 cm³/mol. The van der Waals surface area contributed by atoms with Crippen molar-refractivity contribution >= 4 is 38.4 Å². The van der Waals surface area contributed by atoms with Crippen molar-refractivity contribution in [2.75, 3.05) is 6.54 Å². The zero-order valence-electron chi connectivity index (χ0n) is 13.4. The Kier molecular flexibility index (Phi) is 4.59. The molecule has 0 spiro atoms. The third kappa shape index (κ3) is 3.47. The van der Waals surface area contributed by atoms with Gasteiger partial charge in [-0.15, -0.1) is 0 Å². The number of benzene rings is 1. The molecule has 0 saturated carbocycles. The SMILES string of the molecule is O=c1c2cc(Cl)c(Br)cc2ncn1CC1(C[C@@H]2NCCC[C@H]2O)NN1. The number of aromatic nitrogens is 2. The fourth-order valence-electron chi connectivity index (χ4n) is 3.41. The first kappa shape index (κ1) is 17.4. The van der Waals surface area contributed by atoms with Gasteiger partial charge < -0.3 is 10.4 Å². The van der Waals surface area contributed by atoms with E-state index < -0.39 is 5.66 Å². The highest BCUT2D eigenvalue weighted by Gasteiger charge is 2.45. The van der Waals surface area contributed by atoms with E-state index in [1.807, 2.05) is 0 Å². The first-order valence-corrected chi connectivity index (χ1v) is 9.44. The second-order valence-electron chi connectivity index (χ2n) is 6.77. The third-order valence-corrected chi connectivity index (χ3v) is 6.10. The monoisotopic (exact) mass is 427 g/mol. The van der Waals surface area contributed by atoms with Crippen LogP contribution in [0.15, 0.2) is 27.7 Å². The molecule has 2 aliphatic rings. The summed E-state index contributed by atoms with van der Waals surface area (Å²) in [5.74, 6) is 0. The standard InChI is InChI=1S/C16H19BrClN5O2/c17-10-5-12-9(4-11(10)18)15(25)23(8-20-12)7-16(21-22-16)6-13-14(24)2-1-3-19-13/h4-5,8,13-14,19,21-22,24H,1-3,6-7H2/t13-,14+/m0/s1. The largest absolute Gasteiger partial charge is 0.392 e. The summed E-state index contributed by atoms with van der Waals surface area (Å²) < 4.78 is 2.29. The number of hydrogen-bond donors (Lipinski definition) is 4. The number of aliphatic hydroxyl groups is 1. The molecule has 4 rings (SSSR count). The van der Waals surface area contributed by atoms with Gasteiger partial charge in [0.15, 0.2) is 0 Å². The van der Waals surface area contributed by atoms with E-state index in [0.717, 1.165) is 19.4 Å². The fourth-order valence-corrected chi connectivity index (χ4v) is 3.91. The van der Waals surface area contributed by atoms with Crippen LogP contribution < -0.4 is 21.7 Å². The zero-order valence-corrected chi connectivity index (χ0v) is 15.8. The zero-order chi connectivity index (χ0) is 17.6. The molecule has 2 atom stereocenters. The number of nitrogens with one attached hydrogen (secondary N) is 3. The van der Waals surface area contributed by atoms with Crippen LogP contribution in [0.25, 0.3) is 10.9 Å². The molecule has 9 heteroatoms. The van der Waals surface area contributed by atoms with Crippen LogP contribution in [0.1, 0.15) is 19.3 Å². The van der Waals surface area contributed by atoms with Crippen LogP contribution in [0.2, 0.25) is 5.02 Å². The summed E-state index contributed by atoms with van der Waals surface area (Å²) in [6.45, 7) is 1.33. The van der Waals surface area contributed by atoms with Crippen molar-refractivity contribution in [1.82, 2.24) is 25.7 Å². The van der Waals surface area contributed by atoms with Crippen molar-refractivity contribution < 1.29 is 5.11 Å². The molecule has 3 heterocycles. The lowest BCUT2D eigenvalue weighted by atomic mass is 9.94. The van der Waals surface area contributed by atoms with Gasteiger partial charge in [0.05, 0.1) is 34.9 Å². The molecule has 1 aromatic carbocycles. The van der Waals surface area contributed by atoms with Gasteiger partial charge in [0, 0.05) is 16.9 Å². The van der Waals surface area contributed by atoms with E-state index in [0.29, 0.717) is 33.4 Å². The summed E-state index contributed by atoms with van der Waals surface area (Å²) in [7, 11) is 0. The number of hydrazine groups is 1. The lowest BCUT2D eigenvalue weighted by molar-refractivity contribution is 0.0851. The highest BCUT2D eigenvalue weighted by Crippen LogP contribution is 2.27. The number of aliphatic hydroxyl groups excluding tert-OH is 1. The van der Waals surface area contributed by atoms with Crippen molar-refractivity contribution in [2.45, 2.75) is 43.6 Å². The van der Waals surface area contributed by atoms with Crippen molar-refractivity contribution in [2.24, 2.45) is 0 Å². The Morgan fingerprint density at radius 1 is 1.44 bits per heavy atom. The second-order valence-corrected chi connectivity index (χ2v) is 8.03. The maximum absolute atomic E-state index is 12.8. The molecule has 7 nitrogen and oxygen atoms in total. The van der Waals surface area contributed by atoms with Crippen LogP contribution in [0, 0.1) is 0 Å². The molecule has 0 radical (unpaired) electrons. The van der Waals surface area contributed by atoms with E-state index in [2.05, 4.69) is 37.1 Å². The van der Waals surface area contributed by atoms with Crippen LogP contribution in [0.3, 0.4) is 0 Å². The molecule has 0 aliphatic carbocycles. The Balaban J connectivity index is 1.59. The molecule has 1 aromatic heterocycles. The Labute approximate surface area is 157 Å². The van der Waals surface area contributed by atoms with Gasteiger partial charge >= 0.3 is 0 Å². The molecule has 134 valence electrons. The lowest BCUT2D eigenvalue weighted by Gasteiger charge is -2.31. The van der Waals surface area contributed by atoms with Crippen LogP contribution in [-0.2, 0) is 6.54 Å². The third-order valence-electron chi connectivity index (χ3n) is 4.90. The molecule has 0 unspecified atom stereocenters. The van der Waals surface area contributed by atoms with E-state index in [1.54, 1.807) is 23.0 Å². The average molecular weight is 429 g/mol. The molecule has 2 aromatic rings. The molecule has 2 aliphatic heterocycles. The first-order valence-electron chi connectivity index (χ1n) is 8.27. The first-order chi connectivity index (χ1) is 12.0. The maximum atomic E-state index is 12.8. The average Bonchev–Trinajstić information content (AvgIpc) is 3.34. The van der Waals surface area contributed by atoms with Gasteiger partial charge in [-0.2, -0.15) is 0 Å². The van der Waals surface area contributed by atoms with E-state index in [9.17, 15) is 9.90 Å². The highest BCUT2D eigenvalue weighted by molar-refractivity contribution is 9.10. The summed E-state index contributed by atoms with van der Waals surface area (Å²) in [5.41, 5.74) is 6.34. The van der Waals surface area contributed by atoms with Crippen molar-refractivity contribution in [3.05, 3.63) is 38.3 Å². The maximum Gasteiger partial charge on any atom is 0.261 e. The van der Waals surface area contributed by atoms with Gasteiger partial charge in [0.25, 0.3) is 5.56 Å². The number of hydrogen-bond acceptors (Lipinski definition) is 6. The summed E-state index contributed by atoms with van der Waals surface area (Å²) >= 11 is 9.47. The van der Waals surface area contributed by atoms with Crippen LogP contribution in [0.5, 0.6) is 0 Å². The van der Waals surface area contributed by atoms with Gasteiger partial charge in [0.2, 0.25) is 0 Å². The summed E-state index contributed by atoms with van der Waals surface area (Å²) in [5, 5.41) is 14.5. The van der Waals surface area contributed by atoms with Gasteiger partial charge in [-0.3, -0.25) is 9.36 Å². The predicted octanol–water partition coefficient (Wildman–Crippen LogP) is 1.12. The topological polar surface area (TPSA) is 111 Å². The number of rotatable bonds is 4. The van der Waals surface area contributed by atoms with Gasteiger partial charge in [-0.1, -0.05) is 11.6 Å². The normalized spacial score (nSPS) is 25.2. The molecule has 2 fully saturated rings. The molecule has 0 amide bonds. The minimum Gasteiger partial charge on any atom is -0.392 e. The highest BCUT2D eigenvalue weighted by atomic mass is 79.9. The minimum absolute atomic E-state index is 0.00534. The quantitative estimate of drug-likeness (QED) is 0.543. The Bertz CT molecular complexity index is 869. The Morgan fingerprint density at radius 2 is 2.24 bits per heavy atom. The summed E-state index contributed by atoms with van der Waals surface area (Å²) in [6, 6.07) is 3.39.